The summed E-state index contributed by atoms with van der Waals surface area (Å²) < 4.78 is 4.78. The number of carboxylic acids is 1. The van der Waals surface area contributed by atoms with E-state index in [4.69, 9.17) is 26.9 Å². The number of halogens is 1. The van der Waals surface area contributed by atoms with E-state index in [-0.39, 0.29) is 29.8 Å². The number of anilines is 1. The molecule has 18 heavy (non-hydrogen) atoms. The zero-order chi connectivity index (χ0) is 13.5. The van der Waals surface area contributed by atoms with Gasteiger partial charge in [0.2, 0.25) is 5.28 Å². The Bertz CT molecular complexity index is 502. The molecule has 1 aromatic heterocycles. The first kappa shape index (κ1) is 14.1. The number of hydrogen-bond donors (Lipinski definition) is 4. The second-order valence-corrected chi connectivity index (χ2v) is 3.49. The molecule has 0 aliphatic rings. The summed E-state index contributed by atoms with van der Waals surface area (Å²) in [5.74, 6) is -1.07. The van der Waals surface area contributed by atoms with Gasteiger partial charge in [-0.15, -0.1) is 0 Å². The first-order valence-corrected chi connectivity index (χ1v) is 5.26. The Balaban J connectivity index is 2.59. The lowest BCUT2D eigenvalue weighted by atomic mass is 10.3. The van der Waals surface area contributed by atoms with Crippen molar-refractivity contribution in [2.45, 2.75) is 0 Å². The first-order chi connectivity index (χ1) is 8.54. The van der Waals surface area contributed by atoms with Crippen molar-refractivity contribution in [1.82, 2.24) is 9.97 Å². The number of aromatic amines is 1. The Labute approximate surface area is 106 Å². The lowest BCUT2D eigenvalue weighted by Crippen LogP contribution is -2.21. The number of H-pyrrole nitrogens is 1. The molecule has 0 saturated heterocycles. The van der Waals surface area contributed by atoms with Crippen molar-refractivity contribution < 1.29 is 14.6 Å². The van der Waals surface area contributed by atoms with Crippen molar-refractivity contribution in [3.63, 3.8) is 0 Å². The molecule has 1 rings (SSSR count). The molecule has 0 aromatic carbocycles. The van der Waals surface area contributed by atoms with Crippen molar-refractivity contribution in [1.29, 1.82) is 5.41 Å². The van der Waals surface area contributed by atoms with E-state index in [0.29, 0.717) is 0 Å². The Hall–Kier alpha value is -1.93. The average Bonchev–Trinajstić information content (AvgIpc) is 2.30. The van der Waals surface area contributed by atoms with Crippen molar-refractivity contribution in [3.05, 3.63) is 21.3 Å². The number of aromatic nitrogens is 2. The van der Waals surface area contributed by atoms with E-state index in [0.717, 1.165) is 6.21 Å². The summed E-state index contributed by atoms with van der Waals surface area (Å²) in [6.45, 7) is -0.0966. The monoisotopic (exact) mass is 274 g/mol. The van der Waals surface area contributed by atoms with Crippen LogP contribution in [0.2, 0.25) is 5.28 Å². The predicted octanol–water partition coefficient (Wildman–Crippen LogP) is -0.0659. The summed E-state index contributed by atoms with van der Waals surface area (Å²) in [6.07, 6.45) is 0.890. The predicted molar refractivity (Wildman–Crippen MR) is 64.7 cm³/mol. The van der Waals surface area contributed by atoms with E-state index in [2.05, 4.69) is 15.3 Å². The normalized spacial score (nSPS) is 10.1. The fourth-order valence-corrected chi connectivity index (χ4v) is 1.32. The van der Waals surface area contributed by atoms with Crippen LogP contribution in [0.1, 0.15) is 5.69 Å². The lowest BCUT2D eigenvalue weighted by molar-refractivity contribution is -0.142. The van der Waals surface area contributed by atoms with Gasteiger partial charge in [-0.05, 0) is 11.6 Å². The number of nitrogens with zero attached hydrogens (tertiary/aromatic N) is 1. The number of rotatable bonds is 7. The van der Waals surface area contributed by atoms with E-state index in [1.165, 1.54) is 0 Å². The van der Waals surface area contributed by atoms with Crippen molar-refractivity contribution in [2.24, 2.45) is 0 Å². The standard InChI is InChI=1S/C9H11ClN4O4/c10-9-13-5(3-11)7(8(17)14-9)12-1-2-18-4-6(15)16/h3,11-12H,1-2,4H2,(H,15,16)(H,13,14,17). The highest BCUT2D eigenvalue weighted by atomic mass is 35.5. The van der Waals surface area contributed by atoms with Crippen LogP contribution in [0, 0.1) is 5.41 Å². The molecule has 0 amide bonds. The van der Waals surface area contributed by atoms with Crippen LogP contribution in [0.3, 0.4) is 0 Å². The largest absolute Gasteiger partial charge is 0.480 e. The number of carbonyl (C=O) groups is 1. The molecule has 0 fully saturated rings. The Morgan fingerprint density at radius 2 is 2.39 bits per heavy atom. The van der Waals surface area contributed by atoms with Crippen LogP contribution in [0.5, 0.6) is 0 Å². The zero-order valence-corrected chi connectivity index (χ0v) is 9.95. The number of hydrogen-bond acceptors (Lipinski definition) is 6. The molecule has 0 unspecified atom stereocenters. The van der Waals surface area contributed by atoms with Gasteiger partial charge < -0.3 is 20.6 Å². The molecular formula is C9H11ClN4O4. The van der Waals surface area contributed by atoms with Crippen LogP contribution in [0.25, 0.3) is 0 Å². The molecule has 0 saturated carbocycles. The highest BCUT2D eigenvalue weighted by Gasteiger charge is 2.08. The van der Waals surface area contributed by atoms with Gasteiger partial charge in [-0.3, -0.25) is 9.78 Å². The number of nitrogens with one attached hydrogen (secondary N) is 3. The van der Waals surface area contributed by atoms with Gasteiger partial charge in [0.25, 0.3) is 5.56 Å². The third-order valence-electron chi connectivity index (χ3n) is 1.83. The van der Waals surface area contributed by atoms with Gasteiger partial charge in [-0.2, -0.15) is 0 Å². The zero-order valence-electron chi connectivity index (χ0n) is 9.20. The second-order valence-electron chi connectivity index (χ2n) is 3.13. The minimum Gasteiger partial charge on any atom is -0.480 e. The molecule has 4 N–H and O–H groups in total. The van der Waals surface area contributed by atoms with Crippen LogP contribution in [0.4, 0.5) is 5.69 Å². The van der Waals surface area contributed by atoms with Crippen LogP contribution in [0.15, 0.2) is 4.79 Å². The molecule has 0 aliphatic carbocycles. The quantitative estimate of drug-likeness (QED) is 0.313. The minimum absolute atomic E-state index is 0.0910. The number of aliphatic carboxylic acids is 1. The highest BCUT2D eigenvalue weighted by Crippen LogP contribution is 2.06. The molecular weight excluding hydrogens is 264 g/mol. The van der Waals surface area contributed by atoms with Crippen LogP contribution in [-0.2, 0) is 9.53 Å². The topological polar surface area (TPSA) is 128 Å². The molecule has 0 bridgehead atoms. The van der Waals surface area contributed by atoms with Gasteiger partial charge in [-0.25, -0.2) is 9.78 Å². The maximum absolute atomic E-state index is 11.5. The van der Waals surface area contributed by atoms with Crippen LogP contribution < -0.4 is 10.9 Å². The minimum atomic E-state index is -1.07. The molecule has 98 valence electrons. The molecule has 9 heteroatoms. The van der Waals surface area contributed by atoms with Gasteiger partial charge in [-0.1, -0.05) is 0 Å². The van der Waals surface area contributed by atoms with E-state index in [9.17, 15) is 9.59 Å². The average molecular weight is 275 g/mol. The molecule has 1 heterocycles. The van der Waals surface area contributed by atoms with E-state index in [1.54, 1.807) is 0 Å². The molecule has 0 spiro atoms. The van der Waals surface area contributed by atoms with Crippen molar-refractivity contribution >= 4 is 29.5 Å². The maximum atomic E-state index is 11.5. The van der Waals surface area contributed by atoms with Crippen molar-refractivity contribution in [2.75, 3.05) is 25.1 Å². The fourth-order valence-electron chi connectivity index (χ4n) is 1.15. The summed E-state index contributed by atoms with van der Waals surface area (Å²) in [6, 6.07) is 0. The van der Waals surface area contributed by atoms with Gasteiger partial charge >= 0.3 is 5.97 Å². The summed E-state index contributed by atoms with van der Waals surface area (Å²) in [5, 5.41) is 18.0. The van der Waals surface area contributed by atoms with Gasteiger partial charge in [0.15, 0.2) is 0 Å². The summed E-state index contributed by atoms with van der Waals surface area (Å²) >= 11 is 5.53. The number of carboxylic acid groups (broad SMARTS) is 1. The third-order valence-corrected chi connectivity index (χ3v) is 2.01. The van der Waals surface area contributed by atoms with E-state index < -0.39 is 18.1 Å². The van der Waals surface area contributed by atoms with Gasteiger partial charge in [0.1, 0.15) is 18.0 Å². The van der Waals surface area contributed by atoms with Gasteiger partial charge in [0.05, 0.1) is 6.61 Å². The molecule has 8 nitrogen and oxygen atoms in total. The van der Waals surface area contributed by atoms with Crippen LogP contribution >= 0.6 is 11.6 Å². The molecule has 0 atom stereocenters. The maximum Gasteiger partial charge on any atom is 0.329 e. The summed E-state index contributed by atoms with van der Waals surface area (Å²) in [5.41, 5.74) is -0.318. The van der Waals surface area contributed by atoms with Gasteiger partial charge in [0, 0.05) is 12.8 Å². The van der Waals surface area contributed by atoms with E-state index in [1.807, 2.05) is 0 Å². The fraction of sp³-hybridized carbons (Fsp3) is 0.333. The molecule has 1 aromatic rings. The SMILES string of the molecule is N=Cc1nc(Cl)[nH]c(=O)c1NCCOCC(=O)O. The molecule has 0 aliphatic heterocycles. The van der Waals surface area contributed by atoms with Crippen molar-refractivity contribution in [3.8, 4) is 0 Å². The Morgan fingerprint density at radius 1 is 1.67 bits per heavy atom. The summed E-state index contributed by atoms with van der Waals surface area (Å²) in [4.78, 5) is 27.7. The molecule has 0 radical (unpaired) electrons. The number of ether oxygens (including phenoxy) is 1. The van der Waals surface area contributed by atoms with Crippen LogP contribution in [-0.4, -0.2) is 47.0 Å². The second kappa shape index (κ2) is 6.72. The first-order valence-electron chi connectivity index (χ1n) is 4.88. The summed E-state index contributed by atoms with van der Waals surface area (Å²) in [7, 11) is 0. The smallest absolute Gasteiger partial charge is 0.329 e. The Kier molecular flexibility index (Phi) is 5.28. The van der Waals surface area contributed by atoms with E-state index >= 15 is 0 Å². The third kappa shape index (κ3) is 4.15. The lowest BCUT2D eigenvalue weighted by Gasteiger charge is -2.07. The highest BCUT2D eigenvalue weighted by molar-refractivity contribution is 6.28. The Morgan fingerprint density at radius 3 is 3.00 bits per heavy atom.